The minimum atomic E-state index is -0.146. The summed E-state index contributed by atoms with van der Waals surface area (Å²) < 4.78 is 4.58. The Morgan fingerprint density at radius 3 is 1.31 bits per heavy atom. The van der Waals surface area contributed by atoms with E-state index in [-0.39, 0.29) is 17.2 Å². The highest BCUT2D eigenvalue weighted by Crippen LogP contribution is 2.23. The van der Waals surface area contributed by atoms with Crippen LogP contribution in [0.4, 0.5) is 0 Å². The number of hydrogen-bond acceptors (Lipinski definition) is 5. The van der Waals surface area contributed by atoms with Gasteiger partial charge >= 0.3 is 0 Å². The van der Waals surface area contributed by atoms with Gasteiger partial charge in [-0.05, 0) is 12.1 Å². The van der Waals surface area contributed by atoms with Crippen molar-refractivity contribution in [2.75, 3.05) is 0 Å². The van der Waals surface area contributed by atoms with E-state index in [4.69, 9.17) is 20.1 Å². The summed E-state index contributed by atoms with van der Waals surface area (Å²) in [4.78, 5) is 8.00. The van der Waals surface area contributed by atoms with Crippen molar-refractivity contribution in [2.45, 2.75) is 0 Å². The van der Waals surface area contributed by atoms with E-state index in [1.54, 1.807) is 12.5 Å². The Balaban J connectivity index is 0.000000272. The number of rotatable bonds is 0. The van der Waals surface area contributed by atoms with Gasteiger partial charge in [0.25, 0.3) is 0 Å². The average molecular weight is 224 g/mol. The lowest BCUT2D eigenvalue weighted by Crippen LogP contribution is -1.66. The minimum Gasteiger partial charge on any atom is -0.508 e. The fourth-order valence-electron chi connectivity index (χ4n) is 0.806. The van der Waals surface area contributed by atoms with E-state index in [9.17, 15) is 0 Å². The average Bonchev–Trinajstić information content (AvgIpc) is 2.76. The molecule has 0 aliphatic heterocycles. The summed E-state index contributed by atoms with van der Waals surface area (Å²) in [6, 6.07) is 7.08. The summed E-state index contributed by atoms with van der Waals surface area (Å²) in [5, 5.41) is 26.0. The van der Waals surface area contributed by atoms with Gasteiger partial charge in [-0.25, -0.2) is 0 Å². The summed E-state index contributed by atoms with van der Waals surface area (Å²) in [7, 11) is 0. The van der Waals surface area contributed by atoms with Crippen molar-refractivity contribution in [3.8, 4) is 17.2 Å². The smallest absolute Gasteiger partial charge is 0.122 e. The third-order valence-corrected chi connectivity index (χ3v) is 1.31. The van der Waals surface area contributed by atoms with Gasteiger partial charge in [-0.2, -0.15) is 0 Å². The fraction of sp³-hybridized carbons (Fsp3) is 0. The van der Waals surface area contributed by atoms with E-state index in [2.05, 4.69) is 4.42 Å². The van der Waals surface area contributed by atoms with Crippen LogP contribution in [0.5, 0.6) is 17.2 Å². The molecule has 5 heteroatoms. The molecule has 2 aromatic rings. The maximum Gasteiger partial charge on any atom is 0.122 e. The standard InChI is InChI=1S/C6H6O3.C4H4O.CH2O/c7-4-1-5(8)3-6(9)2-4;1-2-4-5-3-1;1-2/h1-3,7-9H;1-4H;1H2. The van der Waals surface area contributed by atoms with Crippen LogP contribution in [0.1, 0.15) is 0 Å². The highest BCUT2D eigenvalue weighted by atomic mass is 16.3. The first-order valence-corrected chi connectivity index (χ1v) is 4.16. The molecule has 3 N–H and O–H groups in total. The summed E-state index contributed by atoms with van der Waals surface area (Å²) in [6.07, 6.45) is 3.25. The first kappa shape index (κ1) is 13.6. The highest BCUT2D eigenvalue weighted by molar-refractivity contribution is 5.39. The van der Waals surface area contributed by atoms with Gasteiger partial charge in [-0.1, -0.05) is 0 Å². The number of hydrogen-bond donors (Lipinski definition) is 3. The molecule has 0 saturated heterocycles. The molecule has 0 spiro atoms. The number of benzene rings is 1. The van der Waals surface area contributed by atoms with Crippen LogP contribution in [0.25, 0.3) is 0 Å². The number of phenols is 3. The van der Waals surface area contributed by atoms with Gasteiger partial charge in [0.2, 0.25) is 0 Å². The molecule has 0 unspecified atom stereocenters. The first-order chi connectivity index (χ1) is 7.68. The van der Waals surface area contributed by atoms with Crippen molar-refractivity contribution in [1.82, 2.24) is 0 Å². The molecule has 1 aromatic carbocycles. The second kappa shape index (κ2) is 7.93. The van der Waals surface area contributed by atoms with Crippen molar-refractivity contribution in [1.29, 1.82) is 0 Å². The molecule has 0 aliphatic carbocycles. The quantitative estimate of drug-likeness (QED) is 0.635. The topological polar surface area (TPSA) is 90.9 Å². The van der Waals surface area contributed by atoms with E-state index in [1.807, 2.05) is 18.9 Å². The summed E-state index contributed by atoms with van der Waals surface area (Å²) in [5.41, 5.74) is 0. The number of aromatic hydroxyl groups is 3. The van der Waals surface area contributed by atoms with Crippen LogP contribution >= 0.6 is 0 Å². The summed E-state index contributed by atoms with van der Waals surface area (Å²) in [5.74, 6) is -0.437. The zero-order chi connectivity index (χ0) is 12.4. The van der Waals surface area contributed by atoms with Gasteiger partial charge in [0.1, 0.15) is 24.0 Å². The van der Waals surface area contributed by atoms with Crippen LogP contribution in [-0.2, 0) is 4.79 Å². The Bertz CT molecular complexity index is 316. The lowest BCUT2D eigenvalue weighted by atomic mass is 10.3. The van der Waals surface area contributed by atoms with E-state index in [1.165, 1.54) is 0 Å². The molecule has 1 aromatic heterocycles. The molecular weight excluding hydrogens is 212 g/mol. The maximum atomic E-state index is 8.67. The largest absolute Gasteiger partial charge is 0.508 e. The number of furan rings is 1. The van der Waals surface area contributed by atoms with Crippen LogP contribution < -0.4 is 0 Å². The van der Waals surface area contributed by atoms with E-state index in [0.29, 0.717) is 0 Å². The Morgan fingerprint density at radius 1 is 0.812 bits per heavy atom. The van der Waals surface area contributed by atoms with E-state index >= 15 is 0 Å². The maximum absolute atomic E-state index is 8.67. The van der Waals surface area contributed by atoms with Crippen LogP contribution in [0.3, 0.4) is 0 Å². The third-order valence-electron chi connectivity index (χ3n) is 1.31. The Labute approximate surface area is 92.2 Å². The first-order valence-electron chi connectivity index (χ1n) is 4.16. The van der Waals surface area contributed by atoms with Gasteiger partial charge in [0, 0.05) is 18.2 Å². The second-order valence-electron chi connectivity index (χ2n) is 2.50. The lowest BCUT2D eigenvalue weighted by Gasteiger charge is -1.94. The molecule has 0 radical (unpaired) electrons. The molecular formula is C11H12O5. The van der Waals surface area contributed by atoms with Crippen LogP contribution in [0.15, 0.2) is 47.3 Å². The molecule has 0 fully saturated rings. The van der Waals surface area contributed by atoms with Crippen LogP contribution in [-0.4, -0.2) is 22.1 Å². The van der Waals surface area contributed by atoms with Crippen LogP contribution in [0, 0.1) is 0 Å². The summed E-state index contributed by atoms with van der Waals surface area (Å²) >= 11 is 0. The van der Waals surface area contributed by atoms with Gasteiger partial charge in [-0.3, -0.25) is 0 Å². The molecule has 0 aliphatic rings. The summed E-state index contributed by atoms with van der Waals surface area (Å²) in [6.45, 7) is 2.00. The van der Waals surface area contributed by atoms with Gasteiger partial charge < -0.3 is 24.5 Å². The zero-order valence-corrected chi connectivity index (χ0v) is 8.41. The Morgan fingerprint density at radius 2 is 1.12 bits per heavy atom. The van der Waals surface area contributed by atoms with E-state index in [0.717, 1.165) is 18.2 Å². The van der Waals surface area contributed by atoms with Crippen molar-refractivity contribution in [3.63, 3.8) is 0 Å². The molecule has 2 rings (SSSR count). The number of phenolic OH excluding ortho intramolecular Hbond substituents is 3. The predicted molar refractivity (Wildman–Crippen MR) is 57.3 cm³/mol. The van der Waals surface area contributed by atoms with Crippen LogP contribution in [0.2, 0.25) is 0 Å². The molecule has 1 heterocycles. The van der Waals surface area contributed by atoms with Gasteiger partial charge in [0.05, 0.1) is 12.5 Å². The molecule has 16 heavy (non-hydrogen) atoms. The third kappa shape index (κ3) is 6.09. The molecule has 0 atom stereocenters. The van der Waals surface area contributed by atoms with Crippen molar-refractivity contribution >= 4 is 6.79 Å². The highest BCUT2D eigenvalue weighted by Gasteiger charge is 1.94. The zero-order valence-electron chi connectivity index (χ0n) is 8.41. The molecule has 0 bridgehead atoms. The number of carbonyl (C=O) groups is 1. The Kier molecular flexibility index (Phi) is 6.72. The van der Waals surface area contributed by atoms with Crippen molar-refractivity contribution in [2.24, 2.45) is 0 Å². The van der Waals surface area contributed by atoms with E-state index < -0.39 is 0 Å². The number of carbonyl (C=O) groups excluding carboxylic acids is 1. The molecule has 0 saturated carbocycles. The van der Waals surface area contributed by atoms with Crippen molar-refractivity contribution in [3.05, 3.63) is 42.9 Å². The minimum absolute atomic E-state index is 0.146. The molecule has 86 valence electrons. The lowest BCUT2D eigenvalue weighted by molar-refractivity contribution is -0.0979. The van der Waals surface area contributed by atoms with Crippen molar-refractivity contribution < 1.29 is 24.5 Å². The fourth-order valence-corrected chi connectivity index (χ4v) is 0.806. The molecule has 0 amide bonds. The molecule has 5 nitrogen and oxygen atoms in total. The monoisotopic (exact) mass is 224 g/mol. The van der Waals surface area contributed by atoms with Gasteiger partial charge in [-0.15, -0.1) is 0 Å². The normalized spacial score (nSPS) is 8.00. The SMILES string of the molecule is C=O.Oc1cc(O)cc(O)c1.c1ccoc1. The van der Waals surface area contributed by atoms with Gasteiger partial charge in [0.15, 0.2) is 0 Å². The predicted octanol–water partition coefficient (Wildman–Crippen LogP) is 1.90. The Hall–Kier alpha value is -2.43. The second-order valence-corrected chi connectivity index (χ2v) is 2.50.